The van der Waals surface area contributed by atoms with Crippen LogP contribution >= 0.6 is 23.4 Å². The molecule has 0 bridgehead atoms. The van der Waals surface area contributed by atoms with Gasteiger partial charge in [-0.15, -0.1) is 0 Å². The van der Waals surface area contributed by atoms with E-state index in [0.29, 0.717) is 34.3 Å². The number of carbonyl (C=O) groups excluding carboxylic acids is 2. The minimum atomic E-state index is -0.141. The molecule has 1 aliphatic rings. The molecule has 0 saturated carbocycles. The molecule has 0 spiro atoms. The van der Waals surface area contributed by atoms with Crippen LogP contribution in [0, 0.1) is 6.92 Å². The minimum Gasteiger partial charge on any atom is -0.441 e. The van der Waals surface area contributed by atoms with Gasteiger partial charge in [0.15, 0.2) is 11.7 Å². The molecule has 1 aliphatic heterocycles. The van der Waals surface area contributed by atoms with E-state index in [9.17, 15) is 9.59 Å². The Hall–Kier alpha value is -2.77. The molecule has 166 valence electrons. The fourth-order valence-corrected chi connectivity index (χ4v) is 4.66. The van der Waals surface area contributed by atoms with Crippen LogP contribution in [0.25, 0.3) is 11.3 Å². The maximum atomic E-state index is 12.7. The lowest BCUT2D eigenvalue weighted by molar-refractivity contribution is -0.116. The molecule has 1 saturated heterocycles. The van der Waals surface area contributed by atoms with Gasteiger partial charge < -0.3 is 14.6 Å². The first-order valence-electron chi connectivity index (χ1n) is 10.5. The van der Waals surface area contributed by atoms with E-state index in [-0.39, 0.29) is 18.2 Å². The number of benzene rings is 2. The summed E-state index contributed by atoms with van der Waals surface area (Å²) in [6.45, 7) is 3.45. The molecular weight excluding hydrogens is 446 g/mol. The lowest BCUT2D eigenvalue weighted by Crippen LogP contribution is -2.37. The summed E-state index contributed by atoms with van der Waals surface area (Å²) >= 11 is 8.07. The average molecular weight is 470 g/mol. The number of nitrogens with one attached hydrogen (secondary N) is 1. The number of anilines is 1. The summed E-state index contributed by atoms with van der Waals surface area (Å²) < 4.78 is 5.76. The molecule has 6 nitrogen and oxygen atoms in total. The number of amides is 2. The average Bonchev–Trinajstić information content (AvgIpc) is 3.28. The van der Waals surface area contributed by atoms with Crippen LogP contribution in [-0.4, -0.2) is 46.3 Å². The molecule has 2 amide bonds. The topological polar surface area (TPSA) is 75.4 Å². The van der Waals surface area contributed by atoms with Gasteiger partial charge in [-0.1, -0.05) is 23.7 Å². The number of aryl methyl sites for hydroxylation is 2. The van der Waals surface area contributed by atoms with Crippen LogP contribution in [0.5, 0.6) is 0 Å². The summed E-state index contributed by atoms with van der Waals surface area (Å²) in [7, 11) is 0. The third kappa shape index (κ3) is 5.34. The SMILES string of the molecule is Cc1cc(C(=O)N2CCSCC2)ccc1NC(=O)CCc1ncc(-c2ccccc2Cl)o1. The van der Waals surface area contributed by atoms with Gasteiger partial charge in [0.2, 0.25) is 5.91 Å². The van der Waals surface area contributed by atoms with Crippen molar-refractivity contribution in [3.8, 4) is 11.3 Å². The summed E-state index contributed by atoms with van der Waals surface area (Å²) in [5.74, 6) is 2.91. The molecule has 1 aromatic heterocycles. The monoisotopic (exact) mass is 469 g/mol. The highest BCUT2D eigenvalue weighted by atomic mass is 35.5. The number of rotatable bonds is 6. The van der Waals surface area contributed by atoms with Gasteiger partial charge in [0.05, 0.1) is 11.2 Å². The predicted molar refractivity (Wildman–Crippen MR) is 128 cm³/mol. The number of aromatic nitrogens is 1. The molecule has 0 aliphatic carbocycles. The van der Waals surface area contributed by atoms with Gasteiger partial charge in [-0.25, -0.2) is 4.98 Å². The summed E-state index contributed by atoms with van der Waals surface area (Å²) in [4.78, 5) is 31.3. The van der Waals surface area contributed by atoms with Gasteiger partial charge in [0.25, 0.3) is 5.91 Å². The zero-order chi connectivity index (χ0) is 22.5. The van der Waals surface area contributed by atoms with E-state index < -0.39 is 0 Å². The van der Waals surface area contributed by atoms with E-state index in [4.69, 9.17) is 16.0 Å². The Balaban J connectivity index is 1.33. The highest BCUT2D eigenvalue weighted by Crippen LogP contribution is 2.28. The van der Waals surface area contributed by atoms with Crippen molar-refractivity contribution >= 4 is 40.9 Å². The lowest BCUT2D eigenvalue weighted by atomic mass is 10.1. The third-order valence-corrected chi connectivity index (χ3v) is 6.58. The van der Waals surface area contributed by atoms with Crippen molar-refractivity contribution < 1.29 is 14.0 Å². The zero-order valence-electron chi connectivity index (χ0n) is 17.8. The van der Waals surface area contributed by atoms with Gasteiger partial charge in [0, 0.05) is 54.3 Å². The molecule has 8 heteroatoms. The van der Waals surface area contributed by atoms with Gasteiger partial charge in [-0.3, -0.25) is 9.59 Å². The first-order chi connectivity index (χ1) is 15.5. The Morgan fingerprint density at radius 2 is 1.97 bits per heavy atom. The van der Waals surface area contributed by atoms with Crippen molar-refractivity contribution in [3.05, 3.63) is 70.7 Å². The molecule has 3 aromatic rings. The molecule has 1 fully saturated rings. The highest BCUT2D eigenvalue weighted by molar-refractivity contribution is 7.99. The van der Waals surface area contributed by atoms with Crippen LogP contribution in [0.2, 0.25) is 5.02 Å². The Kier molecular flexibility index (Phi) is 7.17. The van der Waals surface area contributed by atoms with Crippen molar-refractivity contribution in [2.75, 3.05) is 29.9 Å². The number of halogens is 1. The summed E-state index contributed by atoms with van der Waals surface area (Å²) in [6, 6.07) is 12.8. The first kappa shape index (κ1) is 22.4. The van der Waals surface area contributed by atoms with E-state index in [2.05, 4.69) is 10.3 Å². The second-order valence-corrected chi connectivity index (χ2v) is 9.21. The standard InChI is InChI=1S/C24H24ClN3O3S/c1-16-14-17(24(30)28-10-12-32-13-11-28)6-7-20(16)27-22(29)8-9-23-26-15-21(31-23)18-4-2-3-5-19(18)25/h2-7,14-15H,8-13H2,1H3,(H,27,29). The van der Waals surface area contributed by atoms with Crippen LogP contribution in [-0.2, 0) is 11.2 Å². The fourth-order valence-electron chi connectivity index (χ4n) is 3.53. The Labute approximate surface area is 196 Å². The Morgan fingerprint density at radius 1 is 1.19 bits per heavy atom. The van der Waals surface area contributed by atoms with Crippen LogP contribution in [0.1, 0.15) is 28.2 Å². The van der Waals surface area contributed by atoms with Crippen LogP contribution in [0.4, 0.5) is 5.69 Å². The third-order valence-electron chi connectivity index (χ3n) is 5.30. The fraction of sp³-hybridized carbons (Fsp3) is 0.292. The molecule has 0 radical (unpaired) electrons. The maximum absolute atomic E-state index is 12.7. The predicted octanol–water partition coefficient (Wildman–Crippen LogP) is 5.06. The number of thioether (sulfide) groups is 1. The van der Waals surface area contributed by atoms with Crippen LogP contribution in [0.3, 0.4) is 0 Å². The number of nitrogens with zero attached hydrogens (tertiary/aromatic N) is 2. The quantitative estimate of drug-likeness (QED) is 0.545. The summed E-state index contributed by atoms with van der Waals surface area (Å²) in [5.41, 5.74) is 2.97. The van der Waals surface area contributed by atoms with Gasteiger partial charge in [-0.2, -0.15) is 11.8 Å². The van der Waals surface area contributed by atoms with Crippen molar-refractivity contribution in [1.82, 2.24) is 9.88 Å². The van der Waals surface area contributed by atoms with E-state index in [1.54, 1.807) is 24.4 Å². The Bertz CT molecular complexity index is 1130. The lowest BCUT2D eigenvalue weighted by Gasteiger charge is -2.26. The molecule has 4 rings (SSSR count). The number of oxazole rings is 1. The maximum Gasteiger partial charge on any atom is 0.253 e. The molecule has 0 atom stereocenters. The Morgan fingerprint density at radius 3 is 2.72 bits per heavy atom. The molecule has 32 heavy (non-hydrogen) atoms. The van der Waals surface area contributed by atoms with E-state index in [1.165, 1.54) is 0 Å². The molecule has 0 unspecified atom stereocenters. The van der Waals surface area contributed by atoms with Crippen LogP contribution in [0.15, 0.2) is 53.1 Å². The molecule has 2 heterocycles. The number of hydrogen-bond acceptors (Lipinski definition) is 5. The van der Waals surface area contributed by atoms with E-state index in [1.807, 2.05) is 47.9 Å². The van der Waals surface area contributed by atoms with Gasteiger partial charge >= 0.3 is 0 Å². The normalized spacial score (nSPS) is 13.8. The first-order valence-corrected chi connectivity index (χ1v) is 12.0. The summed E-state index contributed by atoms with van der Waals surface area (Å²) in [6.07, 6.45) is 2.22. The molecule has 1 N–H and O–H groups in total. The second kappa shape index (κ2) is 10.2. The minimum absolute atomic E-state index is 0.0458. The number of carbonyl (C=O) groups is 2. The van der Waals surface area contributed by atoms with E-state index >= 15 is 0 Å². The van der Waals surface area contributed by atoms with E-state index in [0.717, 1.165) is 35.7 Å². The van der Waals surface area contributed by atoms with Crippen LogP contribution < -0.4 is 5.32 Å². The number of hydrogen-bond donors (Lipinski definition) is 1. The zero-order valence-corrected chi connectivity index (χ0v) is 19.3. The van der Waals surface area contributed by atoms with Gasteiger partial charge in [-0.05, 0) is 42.8 Å². The highest BCUT2D eigenvalue weighted by Gasteiger charge is 2.19. The molecule has 2 aromatic carbocycles. The smallest absolute Gasteiger partial charge is 0.253 e. The van der Waals surface area contributed by atoms with Crippen molar-refractivity contribution in [2.24, 2.45) is 0 Å². The second-order valence-electron chi connectivity index (χ2n) is 7.58. The largest absolute Gasteiger partial charge is 0.441 e. The van der Waals surface area contributed by atoms with Crippen molar-refractivity contribution in [3.63, 3.8) is 0 Å². The summed E-state index contributed by atoms with van der Waals surface area (Å²) in [5, 5.41) is 3.50. The van der Waals surface area contributed by atoms with Crippen molar-refractivity contribution in [1.29, 1.82) is 0 Å². The van der Waals surface area contributed by atoms with Gasteiger partial charge in [0.1, 0.15) is 0 Å². The van der Waals surface area contributed by atoms with Crippen molar-refractivity contribution in [2.45, 2.75) is 19.8 Å². The molecular formula is C24H24ClN3O3S.